The van der Waals surface area contributed by atoms with Crippen LogP contribution in [-0.2, 0) is 0 Å². The van der Waals surface area contributed by atoms with E-state index >= 15 is 0 Å². The molecule has 1 aromatic rings. The Morgan fingerprint density at radius 1 is 1.44 bits per heavy atom. The summed E-state index contributed by atoms with van der Waals surface area (Å²) in [5.74, 6) is 0.766. The summed E-state index contributed by atoms with van der Waals surface area (Å²) in [6, 6.07) is 5.51. The van der Waals surface area contributed by atoms with Crippen molar-refractivity contribution >= 4 is 15.9 Å². The Kier molecular flexibility index (Phi) is 4.97. The third-order valence-corrected chi connectivity index (χ3v) is 4.02. The molecule has 1 N–H and O–H groups in total. The number of hydrogen-bond donors (Lipinski definition) is 1. The molecule has 2 rings (SSSR count). The Hall–Kier alpha value is -0.650. The number of benzene rings is 1. The molecule has 0 spiro atoms. The third kappa shape index (κ3) is 3.02. The fourth-order valence-corrected chi connectivity index (χ4v) is 2.79. The number of hydrogen-bond acceptors (Lipinski definition) is 3. The first-order chi connectivity index (χ1) is 8.76. The van der Waals surface area contributed by atoms with Gasteiger partial charge in [0.2, 0.25) is 0 Å². The van der Waals surface area contributed by atoms with Crippen molar-refractivity contribution in [2.45, 2.75) is 6.04 Å². The Morgan fingerprint density at radius 2 is 2.17 bits per heavy atom. The molecule has 1 aromatic carbocycles. The molecule has 100 valence electrons. The normalized spacial score (nSPS) is 18.6. The van der Waals surface area contributed by atoms with E-state index in [-0.39, 0.29) is 12.7 Å². The van der Waals surface area contributed by atoms with Gasteiger partial charge in [-0.25, -0.2) is 4.39 Å². The molecule has 0 aliphatic carbocycles. The van der Waals surface area contributed by atoms with Gasteiger partial charge in [0, 0.05) is 30.7 Å². The highest BCUT2D eigenvalue weighted by atomic mass is 79.9. The van der Waals surface area contributed by atoms with Crippen molar-refractivity contribution in [1.29, 1.82) is 0 Å². The van der Waals surface area contributed by atoms with E-state index < -0.39 is 0 Å². The molecule has 18 heavy (non-hydrogen) atoms. The zero-order chi connectivity index (χ0) is 13.0. The molecule has 1 aliphatic rings. The van der Waals surface area contributed by atoms with Gasteiger partial charge in [0.05, 0.1) is 13.2 Å². The molecule has 1 atom stereocenters. The van der Waals surface area contributed by atoms with Crippen LogP contribution in [0.2, 0.25) is 0 Å². The molecule has 1 aliphatic heterocycles. The summed E-state index contributed by atoms with van der Waals surface area (Å²) < 4.78 is 19.6. The molecule has 0 radical (unpaired) electrons. The van der Waals surface area contributed by atoms with E-state index in [1.54, 1.807) is 7.11 Å². The molecule has 3 nitrogen and oxygen atoms in total. The molecule has 1 fully saturated rings. The van der Waals surface area contributed by atoms with Crippen molar-refractivity contribution in [2.75, 3.05) is 40.0 Å². The standard InChI is InChI=1S/C13H18BrFN2O/c1-18-10-2-3-12(14)11(8-10)13(9-15)17-6-4-16-5-7-17/h2-3,8,13,16H,4-7,9H2,1H3/t13-/m1/s1. The summed E-state index contributed by atoms with van der Waals surface area (Å²) in [7, 11) is 1.63. The Bertz CT molecular complexity index is 397. The zero-order valence-electron chi connectivity index (χ0n) is 10.5. The largest absolute Gasteiger partial charge is 0.497 e. The van der Waals surface area contributed by atoms with Gasteiger partial charge < -0.3 is 10.1 Å². The first-order valence-electron chi connectivity index (χ1n) is 6.10. The molecular formula is C13H18BrFN2O. The monoisotopic (exact) mass is 316 g/mol. The van der Waals surface area contributed by atoms with Crippen LogP contribution in [0.25, 0.3) is 0 Å². The Balaban J connectivity index is 2.25. The van der Waals surface area contributed by atoms with Crippen LogP contribution < -0.4 is 10.1 Å². The first kappa shape index (κ1) is 13.8. The third-order valence-electron chi connectivity index (χ3n) is 3.30. The molecule has 0 saturated carbocycles. The van der Waals surface area contributed by atoms with Gasteiger partial charge in [-0.3, -0.25) is 4.90 Å². The summed E-state index contributed by atoms with van der Waals surface area (Å²) in [5, 5.41) is 3.28. The van der Waals surface area contributed by atoms with Gasteiger partial charge >= 0.3 is 0 Å². The minimum absolute atomic E-state index is 0.198. The second kappa shape index (κ2) is 6.50. The van der Waals surface area contributed by atoms with Crippen LogP contribution >= 0.6 is 15.9 Å². The van der Waals surface area contributed by atoms with Crippen LogP contribution in [0.5, 0.6) is 5.75 Å². The van der Waals surface area contributed by atoms with Crippen LogP contribution in [0, 0.1) is 0 Å². The lowest BCUT2D eigenvalue weighted by Gasteiger charge is -2.34. The zero-order valence-corrected chi connectivity index (χ0v) is 12.0. The number of rotatable bonds is 4. The molecule has 1 saturated heterocycles. The fraction of sp³-hybridized carbons (Fsp3) is 0.538. The average molecular weight is 317 g/mol. The van der Waals surface area contributed by atoms with E-state index in [9.17, 15) is 4.39 Å². The van der Waals surface area contributed by atoms with Gasteiger partial charge in [-0.05, 0) is 23.8 Å². The van der Waals surface area contributed by atoms with Crippen LogP contribution in [0.4, 0.5) is 4.39 Å². The predicted molar refractivity (Wildman–Crippen MR) is 73.9 cm³/mol. The highest BCUT2D eigenvalue weighted by Crippen LogP contribution is 2.31. The minimum atomic E-state index is -0.383. The number of nitrogens with one attached hydrogen (secondary N) is 1. The summed E-state index contributed by atoms with van der Waals surface area (Å²) in [4.78, 5) is 2.18. The number of nitrogens with zero attached hydrogens (tertiary/aromatic N) is 1. The lowest BCUT2D eigenvalue weighted by Crippen LogP contribution is -2.45. The second-order valence-electron chi connectivity index (χ2n) is 4.34. The van der Waals surface area contributed by atoms with Gasteiger partial charge in [-0.1, -0.05) is 15.9 Å². The lowest BCUT2D eigenvalue weighted by molar-refractivity contribution is 0.147. The van der Waals surface area contributed by atoms with Gasteiger partial charge in [0.1, 0.15) is 12.4 Å². The van der Waals surface area contributed by atoms with Gasteiger partial charge in [-0.15, -0.1) is 0 Å². The Labute approximate surface area is 115 Å². The highest BCUT2D eigenvalue weighted by Gasteiger charge is 2.24. The summed E-state index contributed by atoms with van der Waals surface area (Å²) in [6.45, 7) is 3.19. The quantitative estimate of drug-likeness (QED) is 0.923. The van der Waals surface area contributed by atoms with E-state index in [2.05, 4.69) is 26.1 Å². The molecule has 0 unspecified atom stereocenters. The van der Waals surface area contributed by atoms with Crippen molar-refractivity contribution in [3.05, 3.63) is 28.2 Å². The second-order valence-corrected chi connectivity index (χ2v) is 5.20. The van der Waals surface area contributed by atoms with Crippen molar-refractivity contribution in [2.24, 2.45) is 0 Å². The maximum absolute atomic E-state index is 13.4. The molecule has 1 heterocycles. The molecular weight excluding hydrogens is 299 g/mol. The smallest absolute Gasteiger partial charge is 0.119 e. The molecule has 5 heteroatoms. The fourth-order valence-electron chi connectivity index (χ4n) is 2.28. The lowest BCUT2D eigenvalue weighted by atomic mass is 10.1. The maximum atomic E-state index is 13.4. The molecule has 0 aromatic heterocycles. The van der Waals surface area contributed by atoms with Crippen LogP contribution in [-0.4, -0.2) is 44.9 Å². The number of piperazine rings is 1. The van der Waals surface area contributed by atoms with Crippen molar-refractivity contribution < 1.29 is 9.13 Å². The van der Waals surface area contributed by atoms with Crippen molar-refractivity contribution in [3.8, 4) is 5.75 Å². The van der Waals surface area contributed by atoms with E-state index in [1.165, 1.54) is 0 Å². The van der Waals surface area contributed by atoms with E-state index in [0.717, 1.165) is 42.0 Å². The van der Waals surface area contributed by atoms with Crippen LogP contribution in [0.3, 0.4) is 0 Å². The Morgan fingerprint density at radius 3 is 2.78 bits per heavy atom. The highest BCUT2D eigenvalue weighted by molar-refractivity contribution is 9.10. The number of alkyl halides is 1. The van der Waals surface area contributed by atoms with E-state index in [1.807, 2.05) is 18.2 Å². The minimum Gasteiger partial charge on any atom is -0.497 e. The summed E-state index contributed by atoms with van der Waals surface area (Å²) >= 11 is 3.50. The van der Waals surface area contributed by atoms with Gasteiger partial charge in [0.25, 0.3) is 0 Å². The van der Waals surface area contributed by atoms with Gasteiger partial charge in [-0.2, -0.15) is 0 Å². The van der Waals surface area contributed by atoms with E-state index in [4.69, 9.17) is 4.74 Å². The first-order valence-corrected chi connectivity index (χ1v) is 6.89. The molecule has 0 amide bonds. The average Bonchev–Trinajstić information content (AvgIpc) is 2.43. The molecule has 0 bridgehead atoms. The van der Waals surface area contributed by atoms with Crippen LogP contribution in [0.1, 0.15) is 11.6 Å². The van der Waals surface area contributed by atoms with Crippen LogP contribution in [0.15, 0.2) is 22.7 Å². The number of ether oxygens (including phenoxy) is 1. The topological polar surface area (TPSA) is 24.5 Å². The predicted octanol–water partition coefficient (Wildman–Crippen LogP) is 2.37. The number of methoxy groups -OCH3 is 1. The summed E-state index contributed by atoms with van der Waals surface area (Å²) in [5.41, 5.74) is 0.957. The van der Waals surface area contributed by atoms with Crippen molar-refractivity contribution in [1.82, 2.24) is 10.2 Å². The van der Waals surface area contributed by atoms with Gasteiger partial charge in [0.15, 0.2) is 0 Å². The maximum Gasteiger partial charge on any atom is 0.119 e. The SMILES string of the molecule is COc1ccc(Br)c([C@@H](CF)N2CCNCC2)c1. The van der Waals surface area contributed by atoms with Crippen molar-refractivity contribution in [3.63, 3.8) is 0 Å². The summed E-state index contributed by atoms with van der Waals surface area (Å²) in [6.07, 6.45) is 0. The number of halogens is 2. The van der Waals surface area contributed by atoms with E-state index in [0.29, 0.717) is 0 Å².